The van der Waals surface area contributed by atoms with Crippen LogP contribution in [0.1, 0.15) is 22.1 Å². The van der Waals surface area contributed by atoms with Gasteiger partial charge in [0.05, 0.1) is 5.56 Å². The summed E-state index contributed by atoms with van der Waals surface area (Å²) in [7, 11) is 0. The van der Waals surface area contributed by atoms with Crippen LogP contribution in [0.3, 0.4) is 0 Å². The lowest BCUT2D eigenvalue weighted by Gasteiger charge is -2.03. The fourth-order valence-electron chi connectivity index (χ4n) is 1.37. The molecule has 2 N–H and O–H groups in total. The van der Waals surface area contributed by atoms with E-state index in [0.29, 0.717) is 30.5 Å². The molecule has 0 saturated carbocycles. The van der Waals surface area contributed by atoms with Gasteiger partial charge in [-0.1, -0.05) is 5.16 Å². The summed E-state index contributed by atoms with van der Waals surface area (Å²) in [6.07, 6.45) is 1.92. The highest BCUT2D eigenvalue weighted by molar-refractivity contribution is 5.87. The Bertz CT molecular complexity index is 535. The molecular formula is C11H12N4O3. The van der Waals surface area contributed by atoms with Gasteiger partial charge in [0.1, 0.15) is 5.82 Å². The summed E-state index contributed by atoms with van der Waals surface area (Å²) in [4.78, 5) is 18.7. The first-order valence-corrected chi connectivity index (χ1v) is 5.37. The second-order valence-electron chi connectivity index (χ2n) is 3.64. The minimum absolute atomic E-state index is 0.161. The van der Waals surface area contributed by atoms with Gasteiger partial charge in [0.15, 0.2) is 5.82 Å². The van der Waals surface area contributed by atoms with Crippen molar-refractivity contribution in [3.05, 3.63) is 35.6 Å². The molecule has 2 aromatic heterocycles. The average Bonchev–Trinajstić information content (AvgIpc) is 2.76. The molecular weight excluding hydrogens is 236 g/mol. The standard InChI is InChI=1S/C11H12N4O3/c1-7-14-10(15-18-7)4-5-12-9-3-2-8(6-13-9)11(16)17/h2-3,6H,4-5H2,1H3,(H,12,13)(H,16,17). The van der Waals surface area contributed by atoms with Crippen molar-refractivity contribution in [3.8, 4) is 0 Å². The summed E-state index contributed by atoms with van der Waals surface area (Å²) in [6, 6.07) is 3.11. The molecule has 0 amide bonds. The summed E-state index contributed by atoms with van der Waals surface area (Å²) in [5.41, 5.74) is 0.161. The molecule has 0 unspecified atom stereocenters. The molecule has 94 valence electrons. The Morgan fingerprint density at radius 3 is 2.89 bits per heavy atom. The maximum atomic E-state index is 10.6. The zero-order valence-electron chi connectivity index (χ0n) is 9.75. The molecule has 7 nitrogen and oxygen atoms in total. The van der Waals surface area contributed by atoms with Gasteiger partial charge in [0.2, 0.25) is 5.89 Å². The molecule has 0 spiro atoms. The van der Waals surface area contributed by atoms with E-state index in [1.807, 2.05) is 0 Å². The van der Waals surface area contributed by atoms with Crippen LogP contribution in [0.2, 0.25) is 0 Å². The predicted octanol–water partition coefficient (Wildman–Crippen LogP) is 1.13. The number of nitrogens with zero attached hydrogens (tertiary/aromatic N) is 3. The molecule has 2 heterocycles. The van der Waals surface area contributed by atoms with Crippen LogP contribution in [0, 0.1) is 6.92 Å². The summed E-state index contributed by atoms with van der Waals surface area (Å²) in [6.45, 7) is 2.33. The van der Waals surface area contributed by atoms with Crippen LogP contribution < -0.4 is 5.32 Å². The molecule has 0 bridgehead atoms. The van der Waals surface area contributed by atoms with Crippen LogP contribution in [0.5, 0.6) is 0 Å². The molecule has 2 rings (SSSR count). The van der Waals surface area contributed by atoms with Gasteiger partial charge in [-0.05, 0) is 12.1 Å². The van der Waals surface area contributed by atoms with Crippen LogP contribution >= 0.6 is 0 Å². The van der Waals surface area contributed by atoms with Crippen LogP contribution in [-0.4, -0.2) is 32.7 Å². The molecule has 2 aromatic rings. The normalized spacial score (nSPS) is 10.3. The van der Waals surface area contributed by atoms with E-state index in [2.05, 4.69) is 20.4 Å². The first kappa shape index (κ1) is 12.0. The lowest BCUT2D eigenvalue weighted by molar-refractivity contribution is 0.0696. The highest BCUT2D eigenvalue weighted by Crippen LogP contribution is 2.05. The second-order valence-corrected chi connectivity index (χ2v) is 3.64. The van der Waals surface area contributed by atoms with E-state index in [9.17, 15) is 4.79 Å². The van der Waals surface area contributed by atoms with Crippen molar-refractivity contribution in [1.29, 1.82) is 0 Å². The Kier molecular flexibility index (Phi) is 3.52. The van der Waals surface area contributed by atoms with E-state index in [4.69, 9.17) is 9.63 Å². The lowest BCUT2D eigenvalue weighted by Crippen LogP contribution is -2.08. The van der Waals surface area contributed by atoms with Gasteiger partial charge in [0, 0.05) is 26.1 Å². The number of aromatic nitrogens is 3. The number of pyridine rings is 1. The number of carboxylic acids is 1. The number of carboxylic acid groups (broad SMARTS) is 1. The van der Waals surface area contributed by atoms with Crippen molar-refractivity contribution in [2.45, 2.75) is 13.3 Å². The van der Waals surface area contributed by atoms with Crippen molar-refractivity contribution in [2.24, 2.45) is 0 Å². The molecule has 0 aromatic carbocycles. The smallest absolute Gasteiger partial charge is 0.337 e. The number of hydrogen-bond donors (Lipinski definition) is 2. The topological polar surface area (TPSA) is 101 Å². The summed E-state index contributed by atoms with van der Waals surface area (Å²) >= 11 is 0. The number of carbonyl (C=O) groups is 1. The van der Waals surface area contributed by atoms with Crippen LogP contribution in [0.25, 0.3) is 0 Å². The largest absolute Gasteiger partial charge is 0.478 e. The van der Waals surface area contributed by atoms with Gasteiger partial charge in [-0.2, -0.15) is 4.98 Å². The highest BCUT2D eigenvalue weighted by Gasteiger charge is 2.04. The Morgan fingerprint density at radius 1 is 1.50 bits per heavy atom. The minimum Gasteiger partial charge on any atom is -0.478 e. The van der Waals surface area contributed by atoms with Crippen LogP contribution in [0.4, 0.5) is 5.82 Å². The van der Waals surface area contributed by atoms with Gasteiger partial charge in [-0.15, -0.1) is 0 Å². The van der Waals surface area contributed by atoms with Crippen molar-refractivity contribution >= 4 is 11.8 Å². The first-order chi connectivity index (χ1) is 8.65. The highest BCUT2D eigenvalue weighted by atomic mass is 16.5. The van der Waals surface area contributed by atoms with E-state index in [0.717, 1.165) is 0 Å². The third-order valence-corrected chi connectivity index (χ3v) is 2.23. The molecule has 0 atom stereocenters. The van der Waals surface area contributed by atoms with Crippen LogP contribution in [0.15, 0.2) is 22.9 Å². The maximum Gasteiger partial charge on any atom is 0.337 e. The third kappa shape index (κ3) is 3.03. The van der Waals surface area contributed by atoms with E-state index < -0.39 is 5.97 Å². The zero-order chi connectivity index (χ0) is 13.0. The van der Waals surface area contributed by atoms with Gasteiger partial charge >= 0.3 is 5.97 Å². The van der Waals surface area contributed by atoms with Crippen molar-refractivity contribution in [3.63, 3.8) is 0 Å². The Labute approximate surface area is 103 Å². The summed E-state index contributed by atoms with van der Waals surface area (Å²) in [5.74, 6) is 0.785. The quantitative estimate of drug-likeness (QED) is 0.817. The molecule has 0 aliphatic carbocycles. The lowest BCUT2D eigenvalue weighted by atomic mass is 10.3. The maximum absolute atomic E-state index is 10.6. The van der Waals surface area contributed by atoms with Crippen LogP contribution in [-0.2, 0) is 6.42 Å². The number of anilines is 1. The van der Waals surface area contributed by atoms with Gasteiger partial charge in [0.25, 0.3) is 0 Å². The fraction of sp³-hybridized carbons (Fsp3) is 0.273. The van der Waals surface area contributed by atoms with E-state index in [-0.39, 0.29) is 5.56 Å². The fourth-order valence-corrected chi connectivity index (χ4v) is 1.37. The molecule has 18 heavy (non-hydrogen) atoms. The number of rotatable bonds is 5. The second kappa shape index (κ2) is 5.26. The summed E-state index contributed by atoms with van der Waals surface area (Å²) in [5, 5.41) is 15.5. The van der Waals surface area contributed by atoms with E-state index in [1.54, 1.807) is 13.0 Å². The number of hydrogen-bond acceptors (Lipinski definition) is 6. The van der Waals surface area contributed by atoms with Crippen molar-refractivity contribution in [1.82, 2.24) is 15.1 Å². The number of aryl methyl sites for hydroxylation is 1. The first-order valence-electron chi connectivity index (χ1n) is 5.37. The van der Waals surface area contributed by atoms with Gasteiger partial charge in [-0.3, -0.25) is 0 Å². The van der Waals surface area contributed by atoms with Crippen molar-refractivity contribution < 1.29 is 14.4 Å². The predicted molar refractivity (Wildman–Crippen MR) is 62.4 cm³/mol. The summed E-state index contributed by atoms with van der Waals surface area (Å²) < 4.78 is 4.84. The molecule has 0 aliphatic rings. The zero-order valence-corrected chi connectivity index (χ0v) is 9.75. The monoisotopic (exact) mass is 248 g/mol. The van der Waals surface area contributed by atoms with Gasteiger partial charge in [-0.25, -0.2) is 9.78 Å². The Morgan fingerprint density at radius 2 is 2.33 bits per heavy atom. The SMILES string of the molecule is Cc1nc(CCNc2ccc(C(=O)O)cn2)no1. The molecule has 0 saturated heterocycles. The number of nitrogens with one attached hydrogen (secondary N) is 1. The van der Waals surface area contributed by atoms with E-state index >= 15 is 0 Å². The Balaban J connectivity index is 1.85. The van der Waals surface area contributed by atoms with Crippen molar-refractivity contribution in [2.75, 3.05) is 11.9 Å². The average molecular weight is 248 g/mol. The Hall–Kier alpha value is -2.44. The number of aromatic carboxylic acids is 1. The third-order valence-electron chi connectivity index (χ3n) is 2.23. The molecule has 0 fully saturated rings. The molecule has 0 radical (unpaired) electrons. The molecule has 0 aliphatic heterocycles. The molecule has 7 heteroatoms. The van der Waals surface area contributed by atoms with Gasteiger partial charge < -0.3 is 14.9 Å². The van der Waals surface area contributed by atoms with E-state index in [1.165, 1.54) is 12.3 Å². The minimum atomic E-state index is -0.990.